The Hall–Kier alpha value is -3.88. The van der Waals surface area contributed by atoms with Gasteiger partial charge in [0, 0.05) is 56.1 Å². The van der Waals surface area contributed by atoms with Gasteiger partial charge in [-0.15, -0.1) is 0 Å². The maximum atomic E-state index is 13.3. The molecule has 1 N–H and O–H groups in total. The average Bonchev–Trinajstić information content (AvgIpc) is 3.31. The number of piperazine rings is 1. The highest BCUT2D eigenvalue weighted by Gasteiger charge is 2.32. The number of ether oxygens (including phenoxy) is 1. The normalized spacial score (nSPS) is 15.8. The quantitative estimate of drug-likeness (QED) is 0.644. The van der Waals surface area contributed by atoms with E-state index in [0.29, 0.717) is 62.7 Å². The van der Waals surface area contributed by atoms with E-state index >= 15 is 0 Å². The van der Waals surface area contributed by atoms with Crippen molar-refractivity contribution in [3.8, 4) is 5.75 Å². The molecule has 3 aromatic rings. The van der Waals surface area contributed by atoms with Crippen molar-refractivity contribution in [2.24, 2.45) is 0 Å². The van der Waals surface area contributed by atoms with Crippen LogP contribution in [0.2, 0.25) is 0 Å². The Morgan fingerprint density at radius 3 is 2.41 bits per heavy atom. The number of carbonyl (C=O) groups excluding carboxylic acids is 2. The van der Waals surface area contributed by atoms with Crippen LogP contribution in [0.5, 0.6) is 5.75 Å². The summed E-state index contributed by atoms with van der Waals surface area (Å²) >= 11 is 0. The van der Waals surface area contributed by atoms with Crippen LogP contribution < -0.4 is 9.64 Å². The Kier molecular flexibility index (Phi) is 5.91. The minimum Gasteiger partial charge on any atom is -0.496 e. The molecule has 2 aliphatic heterocycles. The minimum absolute atomic E-state index is 0.129. The van der Waals surface area contributed by atoms with Gasteiger partial charge in [-0.25, -0.2) is 4.39 Å². The highest BCUT2D eigenvalue weighted by molar-refractivity contribution is 5.98. The Bertz CT molecular complexity index is 1200. The fraction of sp³-hybridized carbons (Fsp3) is 0.320. The van der Waals surface area contributed by atoms with Crippen molar-refractivity contribution in [1.29, 1.82) is 0 Å². The van der Waals surface area contributed by atoms with Crippen molar-refractivity contribution in [2.45, 2.75) is 13.0 Å². The largest absolute Gasteiger partial charge is 0.496 e. The SMILES string of the molecule is COc1ccccc1C(=O)N1CCc2[nH]nc(C(=O)N3CCN(c4ccc(F)cc4)CC3)c2C1. The molecule has 0 bridgehead atoms. The zero-order valence-corrected chi connectivity index (χ0v) is 19.0. The van der Waals surface area contributed by atoms with Crippen molar-refractivity contribution < 1.29 is 18.7 Å². The Labute approximate surface area is 196 Å². The van der Waals surface area contributed by atoms with Crippen LogP contribution in [0.15, 0.2) is 48.5 Å². The molecule has 1 aromatic heterocycles. The molecular weight excluding hydrogens is 437 g/mol. The van der Waals surface area contributed by atoms with Gasteiger partial charge in [-0.1, -0.05) is 12.1 Å². The summed E-state index contributed by atoms with van der Waals surface area (Å²) < 4.78 is 18.6. The molecule has 2 amide bonds. The molecule has 2 aromatic carbocycles. The summed E-state index contributed by atoms with van der Waals surface area (Å²) in [5.41, 5.74) is 3.50. The zero-order valence-electron chi connectivity index (χ0n) is 19.0. The molecule has 0 atom stereocenters. The highest BCUT2D eigenvalue weighted by atomic mass is 19.1. The van der Waals surface area contributed by atoms with E-state index in [1.54, 1.807) is 41.2 Å². The summed E-state index contributed by atoms with van der Waals surface area (Å²) in [5, 5.41) is 7.33. The number of carbonyl (C=O) groups is 2. The maximum Gasteiger partial charge on any atom is 0.274 e. The molecule has 1 saturated heterocycles. The summed E-state index contributed by atoms with van der Waals surface area (Å²) in [6.07, 6.45) is 0.606. The molecule has 3 heterocycles. The van der Waals surface area contributed by atoms with Crippen molar-refractivity contribution in [1.82, 2.24) is 20.0 Å². The smallest absolute Gasteiger partial charge is 0.274 e. The highest BCUT2D eigenvalue weighted by Crippen LogP contribution is 2.26. The number of halogens is 1. The predicted molar refractivity (Wildman–Crippen MR) is 125 cm³/mol. The summed E-state index contributed by atoms with van der Waals surface area (Å²) in [6.45, 7) is 3.25. The van der Waals surface area contributed by atoms with Crippen LogP contribution in [0, 0.1) is 5.82 Å². The first-order valence-corrected chi connectivity index (χ1v) is 11.3. The molecule has 2 aliphatic rings. The lowest BCUT2D eigenvalue weighted by Crippen LogP contribution is -2.49. The van der Waals surface area contributed by atoms with E-state index in [-0.39, 0.29) is 17.6 Å². The number of H-pyrrole nitrogens is 1. The summed E-state index contributed by atoms with van der Waals surface area (Å²) in [6, 6.07) is 13.5. The van der Waals surface area contributed by atoms with Crippen LogP contribution >= 0.6 is 0 Å². The lowest BCUT2D eigenvalue weighted by molar-refractivity contribution is 0.0707. The number of aromatic nitrogens is 2. The van der Waals surface area contributed by atoms with E-state index in [1.165, 1.54) is 12.1 Å². The molecule has 176 valence electrons. The standard InChI is InChI=1S/C25H26FN5O3/c1-34-22-5-3-2-4-19(22)24(32)31-11-10-21-20(16-31)23(28-27-21)25(33)30-14-12-29(13-15-30)18-8-6-17(26)7-9-18/h2-9H,10-16H2,1H3,(H,27,28). The summed E-state index contributed by atoms with van der Waals surface area (Å²) in [4.78, 5) is 32.2. The molecule has 9 heteroatoms. The first-order chi connectivity index (χ1) is 16.5. The van der Waals surface area contributed by atoms with Crippen molar-refractivity contribution in [2.75, 3.05) is 44.7 Å². The number of anilines is 1. The van der Waals surface area contributed by atoms with Gasteiger partial charge in [-0.2, -0.15) is 5.10 Å². The molecule has 0 saturated carbocycles. The molecule has 0 aliphatic carbocycles. The molecule has 0 radical (unpaired) electrons. The molecular formula is C25H26FN5O3. The zero-order chi connectivity index (χ0) is 23.7. The van der Waals surface area contributed by atoms with Gasteiger partial charge in [0.2, 0.25) is 0 Å². The number of rotatable bonds is 4. The van der Waals surface area contributed by atoms with Gasteiger partial charge in [-0.3, -0.25) is 14.7 Å². The summed E-state index contributed by atoms with van der Waals surface area (Å²) in [7, 11) is 1.54. The first kappa shape index (κ1) is 21.9. The van der Waals surface area contributed by atoms with E-state index in [0.717, 1.165) is 16.9 Å². The first-order valence-electron chi connectivity index (χ1n) is 11.3. The minimum atomic E-state index is -0.265. The van der Waals surface area contributed by atoms with Crippen molar-refractivity contribution in [3.63, 3.8) is 0 Å². The van der Waals surface area contributed by atoms with Gasteiger partial charge < -0.3 is 19.4 Å². The molecule has 0 unspecified atom stereocenters. The fourth-order valence-corrected chi connectivity index (χ4v) is 4.61. The van der Waals surface area contributed by atoms with Crippen LogP contribution in [-0.4, -0.2) is 71.6 Å². The third-order valence-corrected chi connectivity index (χ3v) is 6.52. The number of nitrogens with zero attached hydrogens (tertiary/aromatic N) is 4. The number of benzene rings is 2. The lowest BCUT2D eigenvalue weighted by atomic mass is 10.0. The number of para-hydroxylation sites is 1. The second kappa shape index (κ2) is 9.17. The monoisotopic (exact) mass is 463 g/mol. The van der Waals surface area contributed by atoms with E-state index in [4.69, 9.17) is 4.74 Å². The number of fused-ring (bicyclic) bond motifs is 1. The molecule has 1 fully saturated rings. The van der Waals surface area contributed by atoms with Gasteiger partial charge in [0.1, 0.15) is 11.6 Å². The number of amides is 2. The topological polar surface area (TPSA) is 81.8 Å². The van der Waals surface area contributed by atoms with E-state index in [9.17, 15) is 14.0 Å². The van der Waals surface area contributed by atoms with Crippen LogP contribution in [0.25, 0.3) is 0 Å². The lowest BCUT2D eigenvalue weighted by Gasteiger charge is -2.36. The maximum absolute atomic E-state index is 13.3. The van der Waals surface area contributed by atoms with Gasteiger partial charge in [0.05, 0.1) is 19.2 Å². The number of aromatic amines is 1. The van der Waals surface area contributed by atoms with Gasteiger partial charge >= 0.3 is 0 Å². The van der Waals surface area contributed by atoms with Crippen LogP contribution in [-0.2, 0) is 13.0 Å². The third-order valence-electron chi connectivity index (χ3n) is 6.52. The second-order valence-corrected chi connectivity index (χ2v) is 8.46. The number of hydrogen-bond donors (Lipinski definition) is 1. The van der Waals surface area contributed by atoms with Gasteiger partial charge in [-0.05, 0) is 36.4 Å². The van der Waals surface area contributed by atoms with E-state index in [2.05, 4.69) is 15.1 Å². The number of nitrogens with one attached hydrogen (secondary N) is 1. The number of hydrogen-bond acceptors (Lipinski definition) is 5. The van der Waals surface area contributed by atoms with Crippen LogP contribution in [0.3, 0.4) is 0 Å². The predicted octanol–water partition coefficient (Wildman–Crippen LogP) is 2.72. The molecule has 8 nitrogen and oxygen atoms in total. The molecule has 34 heavy (non-hydrogen) atoms. The number of methoxy groups -OCH3 is 1. The van der Waals surface area contributed by atoms with Crippen LogP contribution in [0.4, 0.5) is 10.1 Å². The fourth-order valence-electron chi connectivity index (χ4n) is 4.61. The van der Waals surface area contributed by atoms with Crippen molar-refractivity contribution in [3.05, 3.63) is 76.9 Å². The van der Waals surface area contributed by atoms with Gasteiger partial charge in [0.25, 0.3) is 11.8 Å². The van der Waals surface area contributed by atoms with E-state index < -0.39 is 0 Å². The Morgan fingerprint density at radius 2 is 1.68 bits per heavy atom. The average molecular weight is 464 g/mol. The Morgan fingerprint density at radius 1 is 0.941 bits per heavy atom. The molecule has 5 rings (SSSR count). The Balaban J connectivity index is 1.28. The van der Waals surface area contributed by atoms with Crippen LogP contribution in [0.1, 0.15) is 32.1 Å². The summed E-state index contributed by atoms with van der Waals surface area (Å²) in [5.74, 6) is -0.00150. The van der Waals surface area contributed by atoms with Crippen molar-refractivity contribution >= 4 is 17.5 Å². The van der Waals surface area contributed by atoms with Gasteiger partial charge in [0.15, 0.2) is 5.69 Å². The molecule has 0 spiro atoms. The third kappa shape index (κ3) is 4.09. The second-order valence-electron chi connectivity index (χ2n) is 8.46. The van der Waals surface area contributed by atoms with E-state index in [1.807, 2.05) is 12.1 Å².